The van der Waals surface area contributed by atoms with Gasteiger partial charge in [-0.15, -0.1) is 11.3 Å². The summed E-state index contributed by atoms with van der Waals surface area (Å²) < 4.78 is 31.6. The number of hydrogen-bond donors (Lipinski definition) is 2. The van der Waals surface area contributed by atoms with Crippen LogP contribution in [0.5, 0.6) is 0 Å². The number of nitrogens with zero attached hydrogens (tertiary/aromatic N) is 1. The second-order valence-corrected chi connectivity index (χ2v) is 8.09. The highest BCUT2D eigenvalue weighted by Gasteiger charge is 2.30. The molecule has 23 heavy (non-hydrogen) atoms. The van der Waals surface area contributed by atoms with Gasteiger partial charge >= 0.3 is 0 Å². The van der Waals surface area contributed by atoms with Gasteiger partial charge in [-0.05, 0) is 31.9 Å². The summed E-state index contributed by atoms with van der Waals surface area (Å²) in [6.45, 7) is 2.33. The molecule has 3 rings (SSSR count). The van der Waals surface area contributed by atoms with Crippen LogP contribution >= 0.6 is 11.3 Å². The second kappa shape index (κ2) is 6.42. The Kier molecular flexibility index (Phi) is 4.51. The van der Waals surface area contributed by atoms with Crippen molar-refractivity contribution in [1.82, 2.24) is 15.0 Å². The van der Waals surface area contributed by atoms with Crippen LogP contribution in [0.4, 0.5) is 0 Å². The molecule has 2 aromatic rings. The quantitative estimate of drug-likeness (QED) is 0.783. The Morgan fingerprint density at radius 3 is 2.87 bits per heavy atom. The van der Waals surface area contributed by atoms with E-state index in [1.165, 1.54) is 12.1 Å². The number of aromatic nitrogens is 1. The molecule has 2 aromatic heterocycles. The third kappa shape index (κ3) is 4.18. The van der Waals surface area contributed by atoms with Crippen molar-refractivity contribution in [3.63, 3.8) is 0 Å². The van der Waals surface area contributed by atoms with Crippen molar-refractivity contribution >= 4 is 27.3 Å². The summed E-state index contributed by atoms with van der Waals surface area (Å²) in [6.07, 6.45) is 2.29. The van der Waals surface area contributed by atoms with Crippen molar-refractivity contribution in [2.24, 2.45) is 0 Å². The SMILES string of the molecule is Cc1nc(CCNC(=O)c2ccc(S(=O)(=O)NC3CC3)o2)cs1. The largest absolute Gasteiger partial charge is 0.438 e. The van der Waals surface area contributed by atoms with E-state index in [1.807, 2.05) is 12.3 Å². The highest BCUT2D eigenvalue weighted by atomic mass is 32.2. The number of nitrogens with one attached hydrogen (secondary N) is 2. The molecule has 1 aliphatic carbocycles. The summed E-state index contributed by atoms with van der Waals surface area (Å²) in [7, 11) is -3.68. The average molecular weight is 355 g/mol. The molecule has 7 nitrogen and oxygen atoms in total. The van der Waals surface area contributed by atoms with Gasteiger partial charge in [0.2, 0.25) is 5.09 Å². The number of rotatable bonds is 7. The lowest BCUT2D eigenvalue weighted by Gasteiger charge is -2.02. The Bertz CT molecular complexity index is 806. The van der Waals surface area contributed by atoms with E-state index in [0.717, 1.165) is 23.5 Å². The van der Waals surface area contributed by atoms with Gasteiger partial charge in [0.25, 0.3) is 15.9 Å². The first-order valence-electron chi connectivity index (χ1n) is 7.25. The Morgan fingerprint density at radius 1 is 1.43 bits per heavy atom. The van der Waals surface area contributed by atoms with Gasteiger partial charge in [0, 0.05) is 24.4 Å². The van der Waals surface area contributed by atoms with Gasteiger partial charge in [-0.3, -0.25) is 4.79 Å². The zero-order valence-electron chi connectivity index (χ0n) is 12.5. The number of carbonyl (C=O) groups excluding carboxylic acids is 1. The van der Waals surface area contributed by atoms with Crippen LogP contribution in [-0.4, -0.2) is 31.9 Å². The molecule has 124 valence electrons. The number of furan rings is 1. The number of sulfonamides is 1. The van der Waals surface area contributed by atoms with Crippen molar-refractivity contribution in [2.75, 3.05) is 6.54 Å². The summed E-state index contributed by atoms with van der Waals surface area (Å²) in [5, 5.41) is 5.39. The molecule has 0 radical (unpaired) electrons. The summed E-state index contributed by atoms with van der Waals surface area (Å²) >= 11 is 1.56. The average Bonchev–Trinajstić information content (AvgIpc) is 3.01. The van der Waals surface area contributed by atoms with E-state index in [1.54, 1.807) is 11.3 Å². The van der Waals surface area contributed by atoms with Crippen LogP contribution in [-0.2, 0) is 16.4 Å². The fourth-order valence-electron chi connectivity index (χ4n) is 1.98. The van der Waals surface area contributed by atoms with E-state index in [2.05, 4.69) is 15.0 Å². The van der Waals surface area contributed by atoms with E-state index < -0.39 is 15.9 Å². The Balaban J connectivity index is 1.55. The predicted octanol–water partition coefficient (Wildman–Crippen LogP) is 1.46. The van der Waals surface area contributed by atoms with Gasteiger partial charge < -0.3 is 9.73 Å². The van der Waals surface area contributed by atoms with Gasteiger partial charge in [0.15, 0.2) is 5.76 Å². The van der Waals surface area contributed by atoms with E-state index in [4.69, 9.17) is 4.42 Å². The molecule has 0 aromatic carbocycles. The molecular weight excluding hydrogens is 338 g/mol. The number of hydrogen-bond acceptors (Lipinski definition) is 6. The molecular formula is C14H17N3O4S2. The van der Waals surface area contributed by atoms with Crippen LogP contribution in [0.2, 0.25) is 0 Å². The summed E-state index contributed by atoms with van der Waals surface area (Å²) in [5.74, 6) is -0.458. The van der Waals surface area contributed by atoms with Crippen LogP contribution in [0.25, 0.3) is 0 Å². The summed E-state index contributed by atoms with van der Waals surface area (Å²) in [4.78, 5) is 16.3. The fraction of sp³-hybridized carbons (Fsp3) is 0.429. The lowest BCUT2D eigenvalue weighted by molar-refractivity contribution is 0.0921. The maximum atomic E-state index is 12.0. The second-order valence-electron chi connectivity index (χ2n) is 5.38. The van der Waals surface area contributed by atoms with Crippen molar-refractivity contribution in [2.45, 2.75) is 37.3 Å². The number of carbonyl (C=O) groups is 1. The maximum absolute atomic E-state index is 12.0. The van der Waals surface area contributed by atoms with Crippen LogP contribution in [0, 0.1) is 6.92 Å². The van der Waals surface area contributed by atoms with Gasteiger partial charge in [0.1, 0.15) is 0 Å². The summed E-state index contributed by atoms with van der Waals surface area (Å²) in [6, 6.07) is 2.65. The first-order chi connectivity index (χ1) is 10.9. The lowest BCUT2D eigenvalue weighted by Crippen LogP contribution is -2.26. The van der Waals surface area contributed by atoms with Crippen LogP contribution in [0.3, 0.4) is 0 Å². The molecule has 0 bridgehead atoms. The first kappa shape index (κ1) is 16.2. The van der Waals surface area contributed by atoms with Crippen molar-refractivity contribution < 1.29 is 17.6 Å². The molecule has 1 aliphatic rings. The molecule has 0 atom stereocenters. The van der Waals surface area contributed by atoms with Gasteiger partial charge in [-0.1, -0.05) is 0 Å². The Hall–Kier alpha value is -1.71. The lowest BCUT2D eigenvalue weighted by atomic mass is 10.3. The standard InChI is InChI=1S/C14H17N3O4S2/c1-9-16-11(8-22-9)6-7-15-14(18)12-4-5-13(21-12)23(19,20)17-10-2-3-10/h4-5,8,10,17H,2-3,6-7H2,1H3,(H,15,18). The molecule has 0 unspecified atom stereocenters. The minimum Gasteiger partial charge on any atom is -0.438 e. The molecule has 2 N–H and O–H groups in total. The van der Waals surface area contributed by atoms with Crippen LogP contribution < -0.4 is 10.0 Å². The molecule has 9 heteroatoms. The van der Waals surface area contributed by atoms with Gasteiger partial charge in [-0.2, -0.15) is 0 Å². The summed E-state index contributed by atoms with van der Waals surface area (Å²) in [5.41, 5.74) is 0.921. The van der Waals surface area contributed by atoms with Crippen molar-refractivity contribution in [3.05, 3.63) is 34.0 Å². The van der Waals surface area contributed by atoms with E-state index in [0.29, 0.717) is 13.0 Å². The fourth-order valence-corrected chi connectivity index (χ4v) is 3.86. The predicted molar refractivity (Wildman–Crippen MR) is 84.9 cm³/mol. The van der Waals surface area contributed by atoms with Gasteiger partial charge in [0.05, 0.1) is 10.7 Å². The molecule has 0 spiro atoms. The van der Waals surface area contributed by atoms with Crippen LogP contribution in [0.1, 0.15) is 34.1 Å². The normalized spacial score (nSPS) is 14.8. The van der Waals surface area contributed by atoms with Crippen molar-refractivity contribution in [1.29, 1.82) is 0 Å². The van der Waals surface area contributed by atoms with Gasteiger partial charge in [-0.25, -0.2) is 18.1 Å². The van der Waals surface area contributed by atoms with E-state index in [9.17, 15) is 13.2 Å². The smallest absolute Gasteiger partial charge is 0.287 e. The third-order valence-corrected chi connectivity index (χ3v) is 5.52. The number of thiazole rings is 1. The molecule has 0 saturated heterocycles. The first-order valence-corrected chi connectivity index (χ1v) is 9.62. The number of aryl methyl sites for hydroxylation is 1. The monoisotopic (exact) mass is 355 g/mol. The Labute approximate surface area is 138 Å². The number of amides is 1. The Morgan fingerprint density at radius 2 is 2.22 bits per heavy atom. The third-order valence-electron chi connectivity index (χ3n) is 3.30. The molecule has 1 amide bonds. The van der Waals surface area contributed by atoms with Crippen LogP contribution in [0.15, 0.2) is 27.0 Å². The topological polar surface area (TPSA) is 101 Å². The minimum atomic E-state index is -3.68. The minimum absolute atomic E-state index is 0.0102. The zero-order chi connectivity index (χ0) is 16.4. The van der Waals surface area contributed by atoms with E-state index >= 15 is 0 Å². The maximum Gasteiger partial charge on any atom is 0.287 e. The molecule has 2 heterocycles. The highest BCUT2D eigenvalue weighted by molar-refractivity contribution is 7.89. The van der Waals surface area contributed by atoms with Crippen molar-refractivity contribution in [3.8, 4) is 0 Å². The molecule has 1 fully saturated rings. The molecule has 0 aliphatic heterocycles. The molecule has 1 saturated carbocycles. The van der Waals surface area contributed by atoms with E-state index in [-0.39, 0.29) is 16.9 Å². The highest BCUT2D eigenvalue weighted by Crippen LogP contribution is 2.23. The zero-order valence-corrected chi connectivity index (χ0v) is 14.2.